The third-order valence-electron chi connectivity index (χ3n) is 10.0. The van der Waals surface area contributed by atoms with E-state index in [0.29, 0.717) is 32.8 Å². The van der Waals surface area contributed by atoms with Crippen LogP contribution in [0.15, 0.2) is 164 Å². The second-order valence-electron chi connectivity index (χ2n) is 14.9. The molecule has 6 rings (SSSR count). The number of benzene rings is 5. The maximum absolute atomic E-state index is 11.9. The van der Waals surface area contributed by atoms with Gasteiger partial charge in [-0.1, -0.05) is 185 Å². The molecule has 0 amide bonds. The number of hydrogen-bond donors (Lipinski definition) is 1. The Hall–Kier alpha value is -4.18. The summed E-state index contributed by atoms with van der Waals surface area (Å²) in [6.45, 7) is 8.76. The Morgan fingerprint density at radius 1 is 0.611 bits per heavy atom. The Morgan fingerprint density at radius 2 is 1.06 bits per heavy atom. The minimum atomic E-state index is -2.67. The van der Waals surface area contributed by atoms with Crippen LogP contribution in [-0.4, -0.2) is 57.2 Å². The maximum Gasteiger partial charge on any atom is 0.261 e. The molecule has 0 aromatic heterocycles. The zero-order chi connectivity index (χ0) is 37.6. The van der Waals surface area contributed by atoms with Gasteiger partial charge in [0.1, 0.15) is 30.5 Å². The molecule has 5 atom stereocenters. The molecule has 1 N–H and O–H groups in total. The minimum Gasteiger partial charge on any atom is -0.407 e. The Bertz CT molecular complexity index is 1780. The summed E-state index contributed by atoms with van der Waals surface area (Å²) in [7, 11) is -2.67. The van der Waals surface area contributed by atoms with Gasteiger partial charge in [-0.05, 0) is 38.5 Å². The molecule has 54 heavy (non-hydrogen) atoms. The highest BCUT2D eigenvalue weighted by Crippen LogP contribution is 2.37. The smallest absolute Gasteiger partial charge is 0.261 e. The summed E-state index contributed by atoms with van der Waals surface area (Å²) in [6, 6.07) is 51.5. The van der Waals surface area contributed by atoms with Crippen molar-refractivity contribution >= 4 is 18.7 Å². The van der Waals surface area contributed by atoms with Gasteiger partial charge in [-0.15, -0.1) is 0 Å². The molecule has 6 nitrogen and oxygen atoms in total. The van der Waals surface area contributed by atoms with E-state index in [2.05, 4.69) is 87.5 Å². The van der Waals surface area contributed by atoms with Gasteiger partial charge in [-0.2, -0.15) is 0 Å². The first-order valence-corrected chi connectivity index (χ1v) is 20.9. The average molecular weight is 743 g/mol. The van der Waals surface area contributed by atoms with Crippen molar-refractivity contribution in [2.45, 2.75) is 82.6 Å². The summed E-state index contributed by atoms with van der Waals surface area (Å²) in [5, 5.41) is 14.3. The van der Waals surface area contributed by atoms with Crippen molar-refractivity contribution < 1.29 is 28.5 Å². The lowest BCUT2D eigenvalue weighted by molar-refractivity contribution is -0.251. The van der Waals surface area contributed by atoms with Crippen LogP contribution in [0.4, 0.5) is 0 Å². The quantitative estimate of drug-likeness (QED) is 0.0592. The molecule has 282 valence electrons. The molecular formula is C47H54O6Si. The van der Waals surface area contributed by atoms with Crippen LogP contribution in [0, 0.1) is 0 Å². The van der Waals surface area contributed by atoms with E-state index in [1.165, 1.54) is 10.4 Å². The van der Waals surface area contributed by atoms with Crippen molar-refractivity contribution in [1.29, 1.82) is 0 Å². The Morgan fingerprint density at radius 3 is 1.54 bits per heavy atom. The molecule has 7 heteroatoms. The highest BCUT2D eigenvalue weighted by atomic mass is 28.4. The first-order valence-electron chi connectivity index (χ1n) is 19.0. The van der Waals surface area contributed by atoms with Crippen LogP contribution in [-0.2, 0) is 43.2 Å². The Kier molecular flexibility index (Phi) is 14.2. The van der Waals surface area contributed by atoms with E-state index in [-0.39, 0.29) is 11.6 Å². The molecule has 5 aromatic carbocycles. The highest BCUT2D eigenvalue weighted by molar-refractivity contribution is 6.99. The van der Waals surface area contributed by atoms with Gasteiger partial charge in [0.15, 0.2) is 0 Å². The molecule has 0 saturated carbocycles. The van der Waals surface area contributed by atoms with E-state index in [4.69, 9.17) is 23.4 Å². The molecule has 0 radical (unpaired) electrons. The molecule has 1 fully saturated rings. The zero-order valence-corrected chi connectivity index (χ0v) is 32.7. The lowest BCUT2D eigenvalue weighted by Gasteiger charge is -2.44. The second-order valence-corrected chi connectivity index (χ2v) is 19.2. The number of ether oxygens (including phenoxy) is 4. The molecule has 1 heterocycles. The van der Waals surface area contributed by atoms with Crippen LogP contribution in [0.25, 0.3) is 0 Å². The summed E-state index contributed by atoms with van der Waals surface area (Å²) < 4.78 is 33.2. The summed E-state index contributed by atoms with van der Waals surface area (Å²) in [4.78, 5) is 0. The summed E-state index contributed by atoms with van der Waals surface area (Å²) in [6.07, 6.45) is 1.30. The number of hydrogen-bond acceptors (Lipinski definition) is 6. The predicted molar refractivity (Wildman–Crippen MR) is 218 cm³/mol. The van der Waals surface area contributed by atoms with Gasteiger partial charge in [0, 0.05) is 6.61 Å². The largest absolute Gasteiger partial charge is 0.407 e. The lowest BCUT2D eigenvalue weighted by Crippen LogP contribution is -2.66. The lowest BCUT2D eigenvalue weighted by atomic mass is 9.94. The monoisotopic (exact) mass is 742 g/mol. The van der Waals surface area contributed by atoms with Crippen molar-refractivity contribution in [3.05, 3.63) is 181 Å². The van der Waals surface area contributed by atoms with E-state index in [0.717, 1.165) is 16.7 Å². The van der Waals surface area contributed by atoms with Crippen molar-refractivity contribution in [3.63, 3.8) is 0 Å². The fraction of sp³-hybridized carbons (Fsp3) is 0.319. The zero-order valence-electron chi connectivity index (χ0n) is 31.7. The first kappa shape index (κ1) is 39.5. The molecule has 5 aromatic rings. The molecule has 0 unspecified atom stereocenters. The Labute approximate surface area is 322 Å². The molecule has 0 aliphatic carbocycles. The fourth-order valence-corrected chi connectivity index (χ4v) is 11.9. The second kappa shape index (κ2) is 19.4. The van der Waals surface area contributed by atoms with Crippen molar-refractivity contribution in [2.24, 2.45) is 0 Å². The normalized spacial score (nSPS) is 20.6. The number of aliphatic hydroxyl groups excluding tert-OH is 1. The van der Waals surface area contributed by atoms with Gasteiger partial charge in [0.25, 0.3) is 8.32 Å². The third kappa shape index (κ3) is 10.1. The first-order chi connectivity index (χ1) is 26.3. The standard InChI is InChI=1S/C47H54O6Si/c1-47(2,3)54(40-27-15-7-16-28-40,41-29-17-8-18-30-41)52-32-20-19-31-42-44(48)46(51-35-39-25-13-6-14-26-39)45(50-34-38-23-11-5-12-24-38)43(53-42)36-49-33-37-21-9-4-10-22-37/h4-19,21-31,42-46,48H,20,32-36H2,1-3H3/b31-19+/t42-,43-,44+,45-,46-/m1/s1. The van der Waals surface area contributed by atoms with Gasteiger partial charge >= 0.3 is 0 Å². The van der Waals surface area contributed by atoms with E-state index < -0.39 is 38.8 Å². The van der Waals surface area contributed by atoms with E-state index in [1.54, 1.807) is 0 Å². The molecule has 0 spiro atoms. The van der Waals surface area contributed by atoms with Gasteiger partial charge < -0.3 is 28.5 Å². The van der Waals surface area contributed by atoms with Crippen molar-refractivity contribution in [1.82, 2.24) is 0 Å². The predicted octanol–water partition coefficient (Wildman–Crippen LogP) is 8.03. The van der Waals surface area contributed by atoms with Crippen LogP contribution in [0.1, 0.15) is 43.9 Å². The molecular weight excluding hydrogens is 689 g/mol. The van der Waals surface area contributed by atoms with Crippen molar-refractivity contribution in [2.75, 3.05) is 13.2 Å². The highest BCUT2D eigenvalue weighted by Gasteiger charge is 2.50. The van der Waals surface area contributed by atoms with E-state index in [9.17, 15) is 5.11 Å². The van der Waals surface area contributed by atoms with Crippen LogP contribution >= 0.6 is 0 Å². The van der Waals surface area contributed by atoms with E-state index in [1.807, 2.05) is 97.1 Å². The third-order valence-corrected chi connectivity index (χ3v) is 15.0. The maximum atomic E-state index is 11.9. The summed E-state index contributed by atoms with van der Waals surface area (Å²) in [5.74, 6) is 0. The van der Waals surface area contributed by atoms with E-state index >= 15 is 0 Å². The SMILES string of the molecule is CC(C)(C)[Si](OCC/C=C/[C@H]1O[C@H](COCc2ccccc2)[C@@H](OCc2ccccc2)[C@H](OCc2ccccc2)[C@H]1O)(c1ccccc1)c1ccccc1. The van der Waals surface area contributed by atoms with Crippen LogP contribution in [0.5, 0.6) is 0 Å². The number of rotatable bonds is 17. The molecule has 1 saturated heterocycles. The van der Waals surface area contributed by atoms with Gasteiger partial charge in [-0.3, -0.25) is 0 Å². The topological polar surface area (TPSA) is 66.4 Å². The van der Waals surface area contributed by atoms with Crippen molar-refractivity contribution in [3.8, 4) is 0 Å². The molecule has 0 bridgehead atoms. The van der Waals surface area contributed by atoms with Crippen LogP contribution in [0.3, 0.4) is 0 Å². The average Bonchev–Trinajstić information content (AvgIpc) is 3.20. The number of aliphatic hydroxyl groups is 1. The van der Waals surface area contributed by atoms with Gasteiger partial charge in [0.2, 0.25) is 0 Å². The Balaban J connectivity index is 1.21. The molecule has 1 aliphatic heterocycles. The van der Waals surface area contributed by atoms with Gasteiger partial charge in [0.05, 0.1) is 26.4 Å². The van der Waals surface area contributed by atoms with Crippen LogP contribution in [0.2, 0.25) is 5.04 Å². The summed E-state index contributed by atoms with van der Waals surface area (Å²) in [5.41, 5.74) is 3.12. The minimum absolute atomic E-state index is 0.118. The fourth-order valence-electron chi connectivity index (χ4n) is 7.31. The summed E-state index contributed by atoms with van der Waals surface area (Å²) >= 11 is 0. The van der Waals surface area contributed by atoms with Crippen LogP contribution < -0.4 is 10.4 Å². The molecule has 1 aliphatic rings. The van der Waals surface area contributed by atoms with Gasteiger partial charge in [-0.25, -0.2) is 0 Å².